The first-order valence-corrected chi connectivity index (χ1v) is 7.16. The van der Waals surface area contributed by atoms with Gasteiger partial charge in [0.1, 0.15) is 0 Å². The van der Waals surface area contributed by atoms with Crippen molar-refractivity contribution in [2.45, 2.75) is 30.9 Å². The van der Waals surface area contributed by atoms with Crippen LogP contribution in [0.5, 0.6) is 0 Å². The number of rotatable bonds is 3. The molecule has 1 fully saturated rings. The van der Waals surface area contributed by atoms with E-state index in [0.29, 0.717) is 11.2 Å². The Hall–Kier alpha value is -0.540. The van der Waals surface area contributed by atoms with Gasteiger partial charge < -0.3 is 4.74 Å². The van der Waals surface area contributed by atoms with Gasteiger partial charge in [0.05, 0.1) is 5.69 Å². The molecule has 0 spiro atoms. The van der Waals surface area contributed by atoms with Gasteiger partial charge in [0.15, 0.2) is 0 Å². The Morgan fingerprint density at radius 1 is 1.38 bits per heavy atom. The number of nitrogens with zero attached hydrogens (tertiary/aromatic N) is 1. The Labute approximate surface area is 102 Å². The molecule has 2 rings (SSSR count). The molecule has 0 amide bonds. The van der Waals surface area contributed by atoms with E-state index in [4.69, 9.17) is 4.74 Å². The first-order chi connectivity index (χ1) is 7.81. The summed E-state index contributed by atoms with van der Waals surface area (Å²) < 4.78 is 5.38. The summed E-state index contributed by atoms with van der Waals surface area (Å²) in [6, 6.07) is 4.41. The largest absolute Gasteiger partial charge is 0.381 e. The van der Waals surface area contributed by atoms with E-state index in [9.17, 15) is 0 Å². The van der Waals surface area contributed by atoms with Crippen LogP contribution in [0.3, 0.4) is 0 Å². The molecule has 16 heavy (non-hydrogen) atoms. The fraction of sp³-hybridized carbons (Fsp3) is 0.615. The predicted molar refractivity (Wildman–Crippen MR) is 69.0 cm³/mol. The average Bonchev–Trinajstić information content (AvgIpc) is 2.39. The van der Waals surface area contributed by atoms with Crippen molar-refractivity contribution in [2.75, 3.05) is 19.5 Å². The van der Waals surface area contributed by atoms with E-state index >= 15 is 0 Å². The molecule has 1 unspecified atom stereocenters. The van der Waals surface area contributed by atoms with Crippen molar-refractivity contribution in [3.63, 3.8) is 0 Å². The van der Waals surface area contributed by atoms with Crippen LogP contribution in [-0.4, -0.2) is 24.5 Å². The van der Waals surface area contributed by atoms with Crippen LogP contribution >= 0.6 is 11.8 Å². The molecule has 0 aliphatic carbocycles. The van der Waals surface area contributed by atoms with Crippen LogP contribution in [-0.2, 0) is 4.74 Å². The molecular formula is C13H19NOS. The summed E-state index contributed by atoms with van der Waals surface area (Å²) in [7, 11) is 0. The summed E-state index contributed by atoms with van der Waals surface area (Å²) >= 11 is 1.84. The lowest BCUT2D eigenvalue weighted by molar-refractivity contribution is 0.0852. The van der Waals surface area contributed by atoms with Gasteiger partial charge in [-0.3, -0.25) is 4.98 Å². The molecule has 3 heteroatoms. The van der Waals surface area contributed by atoms with Crippen LogP contribution in [0.15, 0.2) is 18.3 Å². The Balaban J connectivity index is 2.06. The van der Waals surface area contributed by atoms with Crippen molar-refractivity contribution < 1.29 is 4.74 Å². The van der Waals surface area contributed by atoms with Gasteiger partial charge in [0.2, 0.25) is 0 Å². The van der Waals surface area contributed by atoms with Gasteiger partial charge in [-0.05, 0) is 43.6 Å². The monoisotopic (exact) mass is 237 g/mol. The molecule has 0 N–H and O–H groups in total. The van der Waals surface area contributed by atoms with Crippen molar-refractivity contribution >= 4 is 11.8 Å². The maximum absolute atomic E-state index is 5.38. The second kappa shape index (κ2) is 5.69. The van der Waals surface area contributed by atoms with Gasteiger partial charge in [0, 0.05) is 24.7 Å². The molecule has 1 aromatic rings. The van der Waals surface area contributed by atoms with E-state index in [0.717, 1.165) is 26.1 Å². The average molecular weight is 237 g/mol. The van der Waals surface area contributed by atoms with E-state index < -0.39 is 0 Å². The first kappa shape index (κ1) is 11.9. The molecule has 1 saturated heterocycles. The molecule has 0 bridgehead atoms. The lowest BCUT2D eigenvalue weighted by Crippen LogP contribution is -2.14. The summed E-state index contributed by atoms with van der Waals surface area (Å²) in [4.78, 5) is 4.56. The van der Waals surface area contributed by atoms with E-state index in [1.54, 1.807) is 0 Å². The zero-order chi connectivity index (χ0) is 11.4. The number of thioether (sulfide) groups is 1. The summed E-state index contributed by atoms with van der Waals surface area (Å²) in [5.41, 5.74) is 2.56. The molecule has 0 radical (unpaired) electrons. The highest BCUT2D eigenvalue weighted by Gasteiger charge is 2.16. The summed E-state index contributed by atoms with van der Waals surface area (Å²) in [5.74, 6) is 0.653. The molecule has 0 saturated carbocycles. The number of hydrogen-bond donors (Lipinski definition) is 0. The van der Waals surface area contributed by atoms with Crippen LogP contribution in [0.25, 0.3) is 0 Å². The van der Waals surface area contributed by atoms with Gasteiger partial charge in [-0.25, -0.2) is 0 Å². The van der Waals surface area contributed by atoms with Crippen molar-refractivity contribution in [3.05, 3.63) is 29.6 Å². The van der Waals surface area contributed by atoms with Gasteiger partial charge in [-0.1, -0.05) is 6.07 Å². The molecular weight excluding hydrogens is 218 g/mol. The maximum atomic E-state index is 5.38. The molecule has 0 aromatic carbocycles. The third kappa shape index (κ3) is 2.77. The second-order valence-electron chi connectivity index (χ2n) is 4.28. The fourth-order valence-corrected chi connectivity index (χ4v) is 2.43. The third-order valence-corrected chi connectivity index (χ3v) is 4.22. The Morgan fingerprint density at radius 2 is 2.12 bits per heavy atom. The lowest BCUT2D eigenvalue weighted by atomic mass is 9.93. The zero-order valence-corrected chi connectivity index (χ0v) is 10.8. The van der Waals surface area contributed by atoms with Gasteiger partial charge >= 0.3 is 0 Å². The van der Waals surface area contributed by atoms with Crippen LogP contribution in [0, 0.1) is 0 Å². The number of pyridine rings is 1. The molecule has 1 atom stereocenters. The van der Waals surface area contributed by atoms with Crippen LogP contribution < -0.4 is 0 Å². The van der Waals surface area contributed by atoms with Gasteiger partial charge in [0.25, 0.3) is 0 Å². The lowest BCUT2D eigenvalue weighted by Gasteiger charge is -2.22. The predicted octanol–water partition coefficient (Wildman–Crippen LogP) is 3.40. The first-order valence-electron chi connectivity index (χ1n) is 5.87. The Kier molecular flexibility index (Phi) is 4.24. The number of ether oxygens (including phenoxy) is 1. The smallest absolute Gasteiger partial charge is 0.0530 e. The summed E-state index contributed by atoms with van der Waals surface area (Å²) in [6.07, 6.45) is 6.45. The van der Waals surface area contributed by atoms with Crippen molar-refractivity contribution in [3.8, 4) is 0 Å². The SMILES string of the molecule is CSC(C)c1ccc(C2CCOCC2)cn1. The van der Waals surface area contributed by atoms with Gasteiger partial charge in [-0.2, -0.15) is 11.8 Å². The van der Waals surface area contributed by atoms with Crippen molar-refractivity contribution in [2.24, 2.45) is 0 Å². The molecule has 88 valence electrons. The standard InChI is InChI=1S/C13H19NOS/c1-10(16-2)13-4-3-12(9-14-13)11-5-7-15-8-6-11/h3-4,9-11H,5-8H2,1-2H3. The molecule has 1 aliphatic rings. The topological polar surface area (TPSA) is 22.1 Å². The summed E-state index contributed by atoms with van der Waals surface area (Å²) in [5, 5.41) is 0.490. The van der Waals surface area contributed by atoms with E-state index in [1.165, 1.54) is 11.3 Å². The minimum Gasteiger partial charge on any atom is -0.381 e. The second-order valence-corrected chi connectivity index (χ2v) is 5.46. The highest BCUT2D eigenvalue weighted by atomic mass is 32.2. The number of hydrogen-bond acceptors (Lipinski definition) is 3. The van der Waals surface area contributed by atoms with Crippen molar-refractivity contribution in [1.82, 2.24) is 4.98 Å². The molecule has 1 aliphatic heterocycles. The van der Waals surface area contributed by atoms with E-state index in [-0.39, 0.29) is 0 Å². The van der Waals surface area contributed by atoms with Crippen LogP contribution in [0.2, 0.25) is 0 Å². The minimum atomic E-state index is 0.490. The third-order valence-electron chi connectivity index (χ3n) is 3.27. The molecule has 2 heterocycles. The molecule has 1 aromatic heterocycles. The highest BCUT2D eigenvalue weighted by molar-refractivity contribution is 7.98. The number of aromatic nitrogens is 1. The summed E-state index contributed by atoms with van der Waals surface area (Å²) in [6.45, 7) is 3.99. The minimum absolute atomic E-state index is 0.490. The van der Waals surface area contributed by atoms with E-state index in [1.807, 2.05) is 11.8 Å². The maximum Gasteiger partial charge on any atom is 0.0530 e. The van der Waals surface area contributed by atoms with Crippen molar-refractivity contribution in [1.29, 1.82) is 0 Å². The fourth-order valence-electron chi connectivity index (χ4n) is 2.05. The van der Waals surface area contributed by atoms with Crippen LogP contribution in [0.1, 0.15) is 42.2 Å². The Morgan fingerprint density at radius 3 is 2.69 bits per heavy atom. The van der Waals surface area contributed by atoms with E-state index in [2.05, 4.69) is 36.5 Å². The van der Waals surface area contributed by atoms with Gasteiger partial charge in [-0.15, -0.1) is 0 Å². The normalized spacial score (nSPS) is 19.6. The van der Waals surface area contributed by atoms with Crippen LogP contribution in [0.4, 0.5) is 0 Å². The Bertz CT molecular complexity index is 319. The molecule has 2 nitrogen and oxygen atoms in total. The zero-order valence-electron chi connectivity index (χ0n) is 9.98. The highest BCUT2D eigenvalue weighted by Crippen LogP contribution is 2.28. The quantitative estimate of drug-likeness (QED) is 0.804.